The maximum Gasteiger partial charge on any atom is 0.235 e. The van der Waals surface area contributed by atoms with E-state index in [0.717, 1.165) is 10.0 Å². The van der Waals surface area contributed by atoms with Gasteiger partial charge in [-0.3, -0.25) is 9.59 Å². The highest BCUT2D eigenvalue weighted by molar-refractivity contribution is 9.10. The topological polar surface area (TPSA) is 76.7 Å². The normalized spacial score (nSPS) is 15.5. The number of carbonyl (C=O) groups excluding carboxylic acids is 2. The van der Waals surface area contributed by atoms with Crippen molar-refractivity contribution in [2.45, 2.75) is 25.2 Å². The summed E-state index contributed by atoms with van der Waals surface area (Å²) in [7, 11) is 1.53. The Labute approximate surface area is 172 Å². The Kier molecular flexibility index (Phi) is 6.36. The van der Waals surface area contributed by atoms with Gasteiger partial charge in [-0.1, -0.05) is 28.1 Å². The molecule has 1 aliphatic heterocycles. The summed E-state index contributed by atoms with van der Waals surface area (Å²) in [5.41, 5.74) is 1.41. The van der Waals surface area contributed by atoms with Crippen LogP contribution >= 0.6 is 15.9 Å². The average molecular weight is 447 g/mol. The number of carbonyl (C=O) groups is 2. The van der Waals surface area contributed by atoms with E-state index in [1.54, 1.807) is 18.2 Å². The standard InChI is InChI=1S/C21H23BrN2O4/c1-14(25)23-18-13-17(7-8-19(18)27-2)24-20(26)21(9-11-28-12-10-21)15-3-5-16(22)6-4-15/h3-8,13H,9-12H2,1-2H3,(H,23,25)(H,24,26). The number of nitrogens with one attached hydrogen (secondary N) is 2. The minimum atomic E-state index is -0.660. The van der Waals surface area contributed by atoms with Gasteiger partial charge < -0.3 is 20.1 Å². The van der Waals surface area contributed by atoms with Crippen molar-refractivity contribution >= 4 is 39.1 Å². The molecular weight excluding hydrogens is 424 g/mol. The fourth-order valence-corrected chi connectivity index (χ4v) is 3.72. The molecule has 28 heavy (non-hydrogen) atoms. The van der Waals surface area contributed by atoms with E-state index in [2.05, 4.69) is 26.6 Å². The summed E-state index contributed by atoms with van der Waals surface area (Å²) in [6.45, 7) is 2.49. The van der Waals surface area contributed by atoms with Crippen molar-refractivity contribution in [3.63, 3.8) is 0 Å². The van der Waals surface area contributed by atoms with Gasteiger partial charge in [0.2, 0.25) is 11.8 Å². The Morgan fingerprint density at radius 1 is 1.07 bits per heavy atom. The van der Waals surface area contributed by atoms with Crippen molar-refractivity contribution in [3.8, 4) is 5.75 Å². The molecule has 0 bridgehead atoms. The molecule has 1 heterocycles. The van der Waals surface area contributed by atoms with Crippen LogP contribution in [-0.2, 0) is 19.7 Å². The van der Waals surface area contributed by atoms with Gasteiger partial charge in [-0.15, -0.1) is 0 Å². The summed E-state index contributed by atoms with van der Waals surface area (Å²) in [5.74, 6) is 0.233. The van der Waals surface area contributed by atoms with Crippen LogP contribution in [0.3, 0.4) is 0 Å². The number of hydrogen-bond acceptors (Lipinski definition) is 4. The van der Waals surface area contributed by atoms with Crippen molar-refractivity contribution < 1.29 is 19.1 Å². The van der Waals surface area contributed by atoms with Crippen LogP contribution in [0, 0.1) is 0 Å². The van der Waals surface area contributed by atoms with Crippen molar-refractivity contribution in [1.82, 2.24) is 0 Å². The van der Waals surface area contributed by atoms with E-state index in [-0.39, 0.29) is 11.8 Å². The summed E-state index contributed by atoms with van der Waals surface area (Å²) < 4.78 is 11.8. The predicted octanol–water partition coefficient (Wildman–Crippen LogP) is 4.10. The molecule has 0 spiro atoms. The molecule has 3 rings (SSSR count). The zero-order valence-corrected chi connectivity index (χ0v) is 17.5. The predicted molar refractivity (Wildman–Crippen MR) is 112 cm³/mol. The number of benzene rings is 2. The van der Waals surface area contributed by atoms with Crippen LogP contribution < -0.4 is 15.4 Å². The first-order chi connectivity index (χ1) is 13.4. The molecule has 1 aliphatic rings. The lowest BCUT2D eigenvalue weighted by molar-refractivity contribution is -0.125. The van der Waals surface area contributed by atoms with Crippen molar-refractivity contribution in [3.05, 3.63) is 52.5 Å². The lowest BCUT2D eigenvalue weighted by atomic mass is 9.73. The van der Waals surface area contributed by atoms with Gasteiger partial charge in [-0.25, -0.2) is 0 Å². The molecule has 2 amide bonds. The fraction of sp³-hybridized carbons (Fsp3) is 0.333. The molecule has 0 unspecified atom stereocenters. The molecule has 148 valence electrons. The van der Waals surface area contributed by atoms with E-state index in [1.807, 2.05) is 24.3 Å². The molecule has 0 aromatic heterocycles. The molecule has 0 aliphatic carbocycles. The first-order valence-electron chi connectivity index (χ1n) is 9.05. The monoisotopic (exact) mass is 446 g/mol. The van der Waals surface area contributed by atoms with Crippen LogP contribution in [0.2, 0.25) is 0 Å². The summed E-state index contributed by atoms with van der Waals surface area (Å²) >= 11 is 3.45. The summed E-state index contributed by atoms with van der Waals surface area (Å²) in [5, 5.41) is 5.74. The van der Waals surface area contributed by atoms with Crippen LogP contribution in [-0.4, -0.2) is 32.1 Å². The molecule has 6 nitrogen and oxygen atoms in total. The summed E-state index contributed by atoms with van der Waals surface area (Å²) in [6.07, 6.45) is 1.21. The van der Waals surface area contributed by atoms with Crippen LogP contribution in [0.25, 0.3) is 0 Å². The molecule has 0 atom stereocenters. The van der Waals surface area contributed by atoms with Gasteiger partial charge in [-0.05, 0) is 48.7 Å². The third kappa shape index (κ3) is 4.36. The molecule has 2 aromatic rings. The Morgan fingerprint density at radius 2 is 1.75 bits per heavy atom. The van der Waals surface area contributed by atoms with Crippen LogP contribution in [0.15, 0.2) is 46.9 Å². The highest BCUT2D eigenvalue weighted by Gasteiger charge is 2.41. The third-order valence-electron chi connectivity index (χ3n) is 4.95. The second kappa shape index (κ2) is 8.75. The zero-order chi connectivity index (χ0) is 20.1. The highest BCUT2D eigenvalue weighted by atomic mass is 79.9. The van der Waals surface area contributed by atoms with Gasteiger partial charge >= 0.3 is 0 Å². The van der Waals surface area contributed by atoms with Crippen molar-refractivity contribution in [1.29, 1.82) is 0 Å². The number of halogens is 1. The van der Waals surface area contributed by atoms with Crippen LogP contribution in [0.5, 0.6) is 5.75 Å². The fourth-order valence-electron chi connectivity index (χ4n) is 3.46. The lowest BCUT2D eigenvalue weighted by Gasteiger charge is -2.36. The Morgan fingerprint density at radius 3 is 2.36 bits per heavy atom. The smallest absolute Gasteiger partial charge is 0.235 e. The molecule has 2 aromatic carbocycles. The SMILES string of the molecule is COc1ccc(NC(=O)C2(c3ccc(Br)cc3)CCOCC2)cc1NC(C)=O. The maximum absolute atomic E-state index is 13.4. The first-order valence-corrected chi connectivity index (χ1v) is 9.85. The minimum Gasteiger partial charge on any atom is -0.495 e. The Bertz CT molecular complexity index is 861. The van der Waals surface area contributed by atoms with E-state index >= 15 is 0 Å². The van der Waals surface area contributed by atoms with E-state index < -0.39 is 5.41 Å². The zero-order valence-electron chi connectivity index (χ0n) is 15.9. The molecule has 7 heteroatoms. The Hall–Kier alpha value is -2.38. The summed E-state index contributed by atoms with van der Waals surface area (Å²) in [4.78, 5) is 24.8. The molecule has 0 saturated carbocycles. The van der Waals surface area contributed by atoms with Crippen LogP contribution in [0.1, 0.15) is 25.3 Å². The number of anilines is 2. The van der Waals surface area contributed by atoms with Gasteiger partial charge in [-0.2, -0.15) is 0 Å². The van der Waals surface area contributed by atoms with Gasteiger partial charge in [0.25, 0.3) is 0 Å². The average Bonchev–Trinajstić information content (AvgIpc) is 2.69. The number of rotatable bonds is 5. The minimum absolute atomic E-state index is 0.0861. The Balaban J connectivity index is 1.90. The van der Waals surface area contributed by atoms with E-state index in [9.17, 15) is 9.59 Å². The summed E-state index contributed by atoms with van der Waals surface area (Å²) in [6, 6.07) is 13.0. The van der Waals surface area contributed by atoms with Crippen molar-refractivity contribution in [2.24, 2.45) is 0 Å². The lowest BCUT2D eigenvalue weighted by Crippen LogP contribution is -2.44. The van der Waals surface area contributed by atoms with Crippen molar-refractivity contribution in [2.75, 3.05) is 31.0 Å². The highest BCUT2D eigenvalue weighted by Crippen LogP contribution is 2.37. The van der Waals surface area contributed by atoms with E-state index in [0.29, 0.717) is 43.2 Å². The molecular formula is C21H23BrN2O4. The number of ether oxygens (including phenoxy) is 2. The first kappa shape index (κ1) is 20.4. The molecule has 0 radical (unpaired) electrons. The second-order valence-electron chi connectivity index (χ2n) is 6.75. The number of methoxy groups -OCH3 is 1. The van der Waals surface area contributed by atoms with Gasteiger partial charge in [0, 0.05) is 30.3 Å². The largest absolute Gasteiger partial charge is 0.495 e. The quantitative estimate of drug-likeness (QED) is 0.724. The second-order valence-corrected chi connectivity index (χ2v) is 7.67. The van der Waals surface area contributed by atoms with Gasteiger partial charge in [0.1, 0.15) is 5.75 Å². The molecule has 2 N–H and O–H groups in total. The van der Waals surface area contributed by atoms with Gasteiger partial charge in [0.15, 0.2) is 0 Å². The maximum atomic E-state index is 13.4. The molecule has 1 saturated heterocycles. The van der Waals surface area contributed by atoms with Gasteiger partial charge in [0.05, 0.1) is 18.2 Å². The number of amides is 2. The number of hydrogen-bond donors (Lipinski definition) is 2. The van der Waals surface area contributed by atoms with E-state index in [4.69, 9.17) is 9.47 Å². The van der Waals surface area contributed by atoms with Crippen LogP contribution in [0.4, 0.5) is 11.4 Å². The third-order valence-corrected chi connectivity index (χ3v) is 5.47. The van der Waals surface area contributed by atoms with E-state index in [1.165, 1.54) is 14.0 Å². The molecule has 1 fully saturated rings.